The molecule has 0 aromatic heterocycles. The van der Waals surface area contributed by atoms with Crippen molar-refractivity contribution in [2.75, 3.05) is 0 Å². The Morgan fingerprint density at radius 3 is 2.17 bits per heavy atom. The van der Waals surface area contributed by atoms with Crippen LogP contribution in [0.15, 0.2) is 36.4 Å². The number of carboxylic acids is 1. The molecule has 0 aliphatic carbocycles. The van der Waals surface area contributed by atoms with Crippen LogP contribution in [0.3, 0.4) is 0 Å². The summed E-state index contributed by atoms with van der Waals surface area (Å²) in [5.41, 5.74) is -0.537. The molecule has 128 valence electrons. The van der Waals surface area contributed by atoms with Crippen LogP contribution in [0.4, 0.5) is 13.2 Å². The predicted octanol–water partition coefficient (Wildman–Crippen LogP) is 4.56. The van der Waals surface area contributed by atoms with Crippen LogP contribution in [-0.2, 0) is 6.18 Å². The van der Waals surface area contributed by atoms with E-state index < -0.39 is 23.5 Å². The van der Waals surface area contributed by atoms with Gasteiger partial charge in [-0.1, -0.05) is 12.1 Å². The summed E-state index contributed by atoms with van der Waals surface area (Å²) >= 11 is 0. The van der Waals surface area contributed by atoms with Crippen molar-refractivity contribution in [2.24, 2.45) is 0 Å². The van der Waals surface area contributed by atoms with Gasteiger partial charge in [-0.25, -0.2) is 4.79 Å². The topological polar surface area (TPSA) is 66.8 Å². The lowest BCUT2D eigenvalue weighted by Gasteiger charge is -2.16. The van der Waals surface area contributed by atoms with Crippen molar-refractivity contribution in [3.63, 3.8) is 0 Å². The van der Waals surface area contributed by atoms with Crippen LogP contribution in [0.1, 0.15) is 29.8 Å². The maximum atomic E-state index is 12.7. The van der Waals surface area contributed by atoms with Crippen molar-refractivity contribution in [1.82, 2.24) is 0 Å². The summed E-state index contributed by atoms with van der Waals surface area (Å²) in [7, 11) is 0. The summed E-state index contributed by atoms with van der Waals surface area (Å²) < 4.78 is 43.5. The molecule has 0 atom stereocenters. The van der Waals surface area contributed by atoms with E-state index in [-0.39, 0.29) is 23.0 Å². The number of hydrogen-bond acceptors (Lipinski definition) is 3. The molecule has 0 heterocycles. The Morgan fingerprint density at radius 2 is 1.71 bits per heavy atom. The zero-order valence-corrected chi connectivity index (χ0v) is 12.9. The molecule has 0 unspecified atom stereocenters. The first-order valence-corrected chi connectivity index (χ1v) is 7.04. The molecule has 2 N–H and O–H groups in total. The van der Waals surface area contributed by atoms with E-state index in [4.69, 9.17) is 9.84 Å². The normalized spacial score (nSPS) is 11.6. The van der Waals surface area contributed by atoms with Gasteiger partial charge in [0.15, 0.2) is 0 Å². The van der Waals surface area contributed by atoms with Crippen molar-refractivity contribution in [3.05, 3.63) is 47.5 Å². The predicted molar refractivity (Wildman–Crippen MR) is 81.3 cm³/mol. The number of hydrogen-bond donors (Lipinski definition) is 2. The van der Waals surface area contributed by atoms with Crippen LogP contribution in [0.25, 0.3) is 11.1 Å². The number of phenols is 1. The average molecular weight is 340 g/mol. The van der Waals surface area contributed by atoms with Crippen molar-refractivity contribution < 1.29 is 32.9 Å². The molecular weight excluding hydrogens is 325 g/mol. The lowest BCUT2D eigenvalue weighted by molar-refractivity contribution is -0.137. The first kappa shape index (κ1) is 17.7. The number of carboxylic acid groups (broad SMARTS) is 1. The third-order valence-electron chi connectivity index (χ3n) is 3.21. The fraction of sp³-hybridized carbons (Fsp3) is 0.235. The molecule has 0 aliphatic heterocycles. The molecule has 24 heavy (non-hydrogen) atoms. The first-order chi connectivity index (χ1) is 11.1. The molecule has 2 aromatic rings. The molecule has 0 spiro atoms. The molecular formula is C17H15F3O4. The van der Waals surface area contributed by atoms with Gasteiger partial charge in [-0.05, 0) is 37.6 Å². The minimum Gasteiger partial charge on any atom is -0.507 e. The van der Waals surface area contributed by atoms with Gasteiger partial charge in [-0.2, -0.15) is 13.2 Å². The number of rotatable bonds is 4. The minimum atomic E-state index is -4.46. The summed E-state index contributed by atoms with van der Waals surface area (Å²) in [6.45, 7) is 3.47. The number of ether oxygens (including phenoxy) is 1. The van der Waals surface area contributed by atoms with E-state index in [1.807, 2.05) is 0 Å². The molecule has 4 nitrogen and oxygen atoms in total. The fourth-order valence-corrected chi connectivity index (χ4v) is 2.16. The van der Waals surface area contributed by atoms with Gasteiger partial charge in [0.1, 0.15) is 17.1 Å². The minimum absolute atomic E-state index is 0.187. The van der Waals surface area contributed by atoms with Gasteiger partial charge in [0, 0.05) is 11.6 Å². The standard InChI is InChI=1S/C17H15F3O4/c1-9(2)24-15-8-14(21)13(16(22)23)7-12(15)10-3-5-11(6-4-10)17(18,19)20/h3-9,21H,1-2H3,(H,22,23). The fourth-order valence-electron chi connectivity index (χ4n) is 2.16. The zero-order chi connectivity index (χ0) is 18.1. The number of aromatic carboxylic acids is 1. The van der Waals surface area contributed by atoms with E-state index in [9.17, 15) is 23.1 Å². The van der Waals surface area contributed by atoms with Crippen LogP contribution in [0.5, 0.6) is 11.5 Å². The highest BCUT2D eigenvalue weighted by molar-refractivity contribution is 5.93. The van der Waals surface area contributed by atoms with Crippen molar-refractivity contribution in [2.45, 2.75) is 26.1 Å². The SMILES string of the molecule is CC(C)Oc1cc(O)c(C(=O)O)cc1-c1ccc(C(F)(F)F)cc1. The molecule has 2 aromatic carbocycles. The van der Waals surface area contributed by atoms with Gasteiger partial charge in [-0.15, -0.1) is 0 Å². The second-order valence-corrected chi connectivity index (χ2v) is 5.41. The van der Waals surface area contributed by atoms with E-state index in [0.717, 1.165) is 18.2 Å². The van der Waals surface area contributed by atoms with Gasteiger partial charge in [0.25, 0.3) is 0 Å². The van der Waals surface area contributed by atoms with E-state index in [2.05, 4.69) is 0 Å². The van der Waals surface area contributed by atoms with Crippen LogP contribution >= 0.6 is 0 Å². The molecule has 0 saturated carbocycles. The average Bonchev–Trinajstić information content (AvgIpc) is 2.45. The maximum absolute atomic E-state index is 12.7. The number of benzene rings is 2. The number of aromatic hydroxyl groups is 1. The van der Waals surface area contributed by atoms with Crippen molar-refractivity contribution in [3.8, 4) is 22.6 Å². The maximum Gasteiger partial charge on any atom is 0.416 e. The molecule has 2 rings (SSSR count). The van der Waals surface area contributed by atoms with E-state index in [1.165, 1.54) is 18.2 Å². The van der Waals surface area contributed by atoms with E-state index >= 15 is 0 Å². The highest BCUT2D eigenvalue weighted by Gasteiger charge is 2.30. The largest absolute Gasteiger partial charge is 0.507 e. The van der Waals surface area contributed by atoms with Crippen molar-refractivity contribution >= 4 is 5.97 Å². The number of alkyl halides is 3. The summed E-state index contributed by atoms with van der Waals surface area (Å²) in [5, 5.41) is 18.9. The van der Waals surface area contributed by atoms with Gasteiger partial charge in [0.05, 0.1) is 11.7 Å². The van der Waals surface area contributed by atoms with Crippen LogP contribution in [0, 0.1) is 0 Å². The Morgan fingerprint density at radius 1 is 1.12 bits per heavy atom. The Hall–Kier alpha value is -2.70. The molecule has 0 bridgehead atoms. The Balaban J connectivity index is 2.57. The molecule has 0 amide bonds. The van der Waals surface area contributed by atoms with Gasteiger partial charge in [-0.3, -0.25) is 0 Å². The molecule has 0 saturated heterocycles. The first-order valence-electron chi connectivity index (χ1n) is 7.04. The molecule has 0 fully saturated rings. The smallest absolute Gasteiger partial charge is 0.416 e. The third-order valence-corrected chi connectivity index (χ3v) is 3.21. The summed E-state index contributed by atoms with van der Waals surface area (Å²) in [6, 6.07) is 6.60. The summed E-state index contributed by atoms with van der Waals surface area (Å²) in [4.78, 5) is 11.2. The van der Waals surface area contributed by atoms with E-state index in [0.29, 0.717) is 5.56 Å². The summed E-state index contributed by atoms with van der Waals surface area (Å²) in [6.07, 6.45) is -4.73. The van der Waals surface area contributed by atoms with Crippen LogP contribution in [0.2, 0.25) is 0 Å². The summed E-state index contributed by atoms with van der Waals surface area (Å²) in [5.74, 6) is -1.64. The van der Waals surface area contributed by atoms with Crippen LogP contribution in [-0.4, -0.2) is 22.3 Å². The molecule has 7 heteroatoms. The Kier molecular flexibility index (Phi) is 4.73. The molecule has 0 aliphatic rings. The Labute approximate surface area is 136 Å². The van der Waals surface area contributed by atoms with Gasteiger partial charge in [0.2, 0.25) is 0 Å². The monoisotopic (exact) mass is 340 g/mol. The highest BCUT2D eigenvalue weighted by atomic mass is 19.4. The van der Waals surface area contributed by atoms with E-state index in [1.54, 1.807) is 13.8 Å². The second-order valence-electron chi connectivity index (χ2n) is 5.41. The van der Waals surface area contributed by atoms with Gasteiger partial charge >= 0.3 is 12.1 Å². The van der Waals surface area contributed by atoms with Crippen molar-refractivity contribution in [1.29, 1.82) is 0 Å². The highest BCUT2D eigenvalue weighted by Crippen LogP contribution is 2.38. The lowest BCUT2D eigenvalue weighted by Crippen LogP contribution is -2.08. The quantitative estimate of drug-likeness (QED) is 0.856. The van der Waals surface area contributed by atoms with Gasteiger partial charge < -0.3 is 14.9 Å². The lowest BCUT2D eigenvalue weighted by atomic mass is 9.99. The third kappa shape index (κ3) is 3.79. The Bertz CT molecular complexity index is 750. The molecule has 0 radical (unpaired) electrons. The number of carbonyl (C=O) groups is 1. The van der Waals surface area contributed by atoms with Crippen LogP contribution < -0.4 is 4.74 Å². The zero-order valence-electron chi connectivity index (χ0n) is 12.9. The number of halogens is 3. The second kappa shape index (κ2) is 6.43.